The number of nitrogens with one attached hydrogen (secondary N) is 1. The van der Waals surface area contributed by atoms with E-state index in [9.17, 15) is 9.50 Å². The third-order valence-corrected chi connectivity index (χ3v) is 4.59. The molecule has 0 aliphatic rings. The van der Waals surface area contributed by atoms with Crippen LogP contribution >= 0.6 is 11.6 Å². The number of hydrogen-bond acceptors (Lipinski definition) is 6. The average Bonchev–Trinajstić information content (AvgIpc) is 3.13. The summed E-state index contributed by atoms with van der Waals surface area (Å²) in [6.07, 6.45) is -0.861. The molecule has 3 rings (SSSR count). The zero-order valence-electron chi connectivity index (χ0n) is 14.6. The van der Waals surface area contributed by atoms with Crippen molar-refractivity contribution in [3.63, 3.8) is 0 Å². The molecule has 1 heterocycles. The Bertz CT molecular complexity index is 996. The highest BCUT2D eigenvalue weighted by molar-refractivity contribution is 6.32. The summed E-state index contributed by atoms with van der Waals surface area (Å²) >= 11 is 6.20. The van der Waals surface area contributed by atoms with Crippen LogP contribution in [-0.4, -0.2) is 21.4 Å². The number of aliphatic hydroxyl groups is 1. The standard InChI is InChI=1S/C19H16ClFN4O2/c1-10-15(8-5-13(9-22)16(10)20)23-17(11(2)26)19-25-24-18(27-19)12-3-6-14(21)7-4-12/h3-8,11,17,23,26H,1-2H3/t11-,17+/m0/s1. The van der Waals surface area contributed by atoms with E-state index in [1.54, 1.807) is 26.0 Å². The van der Waals surface area contributed by atoms with E-state index >= 15 is 0 Å². The monoisotopic (exact) mass is 386 g/mol. The molecule has 0 spiro atoms. The molecular weight excluding hydrogens is 371 g/mol. The predicted molar refractivity (Wildman–Crippen MR) is 98.6 cm³/mol. The molecule has 138 valence electrons. The minimum atomic E-state index is -0.861. The van der Waals surface area contributed by atoms with Crippen molar-refractivity contribution in [2.45, 2.75) is 26.0 Å². The average molecular weight is 387 g/mol. The van der Waals surface area contributed by atoms with Gasteiger partial charge in [-0.25, -0.2) is 4.39 Å². The number of aromatic nitrogens is 2. The smallest absolute Gasteiger partial charge is 0.247 e. The lowest BCUT2D eigenvalue weighted by molar-refractivity contribution is 0.159. The highest BCUT2D eigenvalue weighted by atomic mass is 35.5. The minimum Gasteiger partial charge on any atom is -0.418 e. The maximum absolute atomic E-state index is 13.1. The van der Waals surface area contributed by atoms with Crippen molar-refractivity contribution < 1.29 is 13.9 Å². The van der Waals surface area contributed by atoms with E-state index < -0.39 is 12.1 Å². The summed E-state index contributed by atoms with van der Waals surface area (Å²) < 4.78 is 18.7. The van der Waals surface area contributed by atoms with Crippen LogP contribution in [0.5, 0.6) is 0 Å². The van der Waals surface area contributed by atoms with Crippen molar-refractivity contribution in [2.75, 3.05) is 5.32 Å². The zero-order chi connectivity index (χ0) is 19.6. The highest BCUT2D eigenvalue weighted by Gasteiger charge is 2.25. The van der Waals surface area contributed by atoms with E-state index in [0.29, 0.717) is 27.4 Å². The van der Waals surface area contributed by atoms with Gasteiger partial charge in [-0.1, -0.05) is 11.6 Å². The van der Waals surface area contributed by atoms with Gasteiger partial charge >= 0.3 is 0 Å². The van der Waals surface area contributed by atoms with Gasteiger partial charge in [0, 0.05) is 11.3 Å². The molecule has 0 aliphatic carbocycles. The fourth-order valence-electron chi connectivity index (χ4n) is 2.55. The number of anilines is 1. The second kappa shape index (κ2) is 7.74. The van der Waals surface area contributed by atoms with Gasteiger partial charge in [0.05, 0.1) is 16.7 Å². The Balaban J connectivity index is 1.90. The van der Waals surface area contributed by atoms with E-state index in [-0.39, 0.29) is 17.6 Å². The van der Waals surface area contributed by atoms with Gasteiger partial charge in [0.25, 0.3) is 0 Å². The van der Waals surface area contributed by atoms with Crippen molar-refractivity contribution in [3.8, 4) is 17.5 Å². The Morgan fingerprint density at radius 3 is 2.56 bits per heavy atom. The van der Waals surface area contributed by atoms with Crippen LogP contribution in [0.2, 0.25) is 5.02 Å². The van der Waals surface area contributed by atoms with E-state index in [1.165, 1.54) is 24.3 Å². The fraction of sp³-hybridized carbons (Fsp3) is 0.211. The van der Waals surface area contributed by atoms with Crippen LogP contribution in [0, 0.1) is 24.1 Å². The van der Waals surface area contributed by atoms with E-state index in [1.807, 2.05) is 6.07 Å². The molecule has 3 aromatic rings. The number of benzene rings is 2. The molecule has 2 atom stereocenters. The summed E-state index contributed by atoms with van der Waals surface area (Å²) in [5, 5.41) is 30.7. The lowest BCUT2D eigenvalue weighted by Gasteiger charge is -2.21. The van der Waals surface area contributed by atoms with Gasteiger partial charge in [-0.2, -0.15) is 5.26 Å². The van der Waals surface area contributed by atoms with Crippen LogP contribution in [0.3, 0.4) is 0 Å². The van der Waals surface area contributed by atoms with Crippen LogP contribution in [0.4, 0.5) is 10.1 Å². The first kappa shape index (κ1) is 18.8. The van der Waals surface area contributed by atoms with Crippen LogP contribution in [0.1, 0.15) is 30.0 Å². The Kier molecular flexibility index (Phi) is 5.40. The second-order valence-corrected chi connectivity index (χ2v) is 6.40. The molecule has 2 N–H and O–H groups in total. The van der Waals surface area contributed by atoms with Gasteiger partial charge in [0.2, 0.25) is 11.8 Å². The number of nitriles is 1. The van der Waals surface area contributed by atoms with E-state index in [2.05, 4.69) is 15.5 Å². The Labute approximate surface area is 160 Å². The molecule has 0 aliphatic heterocycles. The lowest BCUT2D eigenvalue weighted by Crippen LogP contribution is -2.23. The van der Waals surface area contributed by atoms with Gasteiger partial charge < -0.3 is 14.8 Å². The first-order valence-electron chi connectivity index (χ1n) is 8.14. The molecule has 8 heteroatoms. The molecule has 0 unspecified atom stereocenters. The van der Waals surface area contributed by atoms with Crippen molar-refractivity contribution in [3.05, 3.63) is 64.3 Å². The summed E-state index contributed by atoms with van der Waals surface area (Å²) in [5.74, 6) is 0.0198. The molecule has 0 saturated heterocycles. The van der Waals surface area contributed by atoms with Crippen molar-refractivity contribution >= 4 is 17.3 Å². The molecule has 0 fully saturated rings. The maximum atomic E-state index is 13.1. The minimum absolute atomic E-state index is 0.171. The quantitative estimate of drug-likeness (QED) is 0.680. The molecule has 6 nitrogen and oxygen atoms in total. The molecule has 0 radical (unpaired) electrons. The van der Waals surface area contributed by atoms with Crippen molar-refractivity contribution in [2.24, 2.45) is 0 Å². The largest absolute Gasteiger partial charge is 0.418 e. The van der Waals surface area contributed by atoms with Crippen LogP contribution in [0.25, 0.3) is 11.5 Å². The predicted octanol–water partition coefficient (Wildman–Crippen LogP) is 4.24. The number of aliphatic hydroxyl groups excluding tert-OH is 1. The Morgan fingerprint density at radius 2 is 1.93 bits per heavy atom. The highest BCUT2D eigenvalue weighted by Crippen LogP contribution is 2.31. The second-order valence-electron chi connectivity index (χ2n) is 6.03. The van der Waals surface area contributed by atoms with Gasteiger partial charge in [0.1, 0.15) is 17.9 Å². The topological polar surface area (TPSA) is 95.0 Å². The van der Waals surface area contributed by atoms with Gasteiger partial charge in [-0.05, 0) is 55.8 Å². The third-order valence-electron chi connectivity index (χ3n) is 4.10. The molecule has 27 heavy (non-hydrogen) atoms. The first-order chi connectivity index (χ1) is 12.9. The fourth-order valence-corrected chi connectivity index (χ4v) is 2.76. The normalized spacial score (nSPS) is 13.0. The van der Waals surface area contributed by atoms with Gasteiger partial charge in [-0.15, -0.1) is 10.2 Å². The number of rotatable bonds is 5. The van der Waals surface area contributed by atoms with Crippen LogP contribution in [-0.2, 0) is 0 Å². The Hall–Kier alpha value is -2.95. The molecule has 0 bridgehead atoms. The number of halogens is 2. The summed E-state index contributed by atoms with van der Waals surface area (Å²) in [5.41, 5.74) is 2.23. The Morgan fingerprint density at radius 1 is 1.22 bits per heavy atom. The van der Waals surface area contributed by atoms with E-state index in [4.69, 9.17) is 21.3 Å². The number of nitrogens with zero attached hydrogens (tertiary/aromatic N) is 3. The molecule has 0 amide bonds. The van der Waals surface area contributed by atoms with Crippen molar-refractivity contribution in [1.29, 1.82) is 5.26 Å². The molecule has 2 aromatic carbocycles. The lowest BCUT2D eigenvalue weighted by atomic mass is 10.1. The first-order valence-corrected chi connectivity index (χ1v) is 8.51. The SMILES string of the molecule is Cc1c(N[C@@H](c2nnc(-c3ccc(F)cc3)o2)[C@H](C)O)ccc(C#N)c1Cl. The maximum Gasteiger partial charge on any atom is 0.247 e. The summed E-state index contributed by atoms with van der Waals surface area (Å²) in [4.78, 5) is 0. The summed E-state index contributed by atoms with van der Waals surface area (Å²) in [6, 6.07) is 10.3. The molecule has 1 aromatic heterocycles. The summed E-state index contributed by atoms with van der Waals surface area (Å²) in [7, 11) is 0. The van der Waals surface area contributed by atoms with Gasteiger partial charge in [-0.3, -0.25) is 0 Å². The molecule has 0 saturated carbocycles. The van der Waals surface area contributed by atoms with Crippen LogP contribution in [0.15, 0.2) is 40.8 Å². The summed E-state index contributed by atoms with van der Waals surface area (Å²) in [6.45, 7) is 3.35. The third kappa shape index (κ3) is 3.92. The van der Waals surface area contributed by atoms with Crippen LogP contribution < -0.4 is 5.32 Å². The van der Waals surface area contributed by atoms with E-state index in [0.717, 1.165) is 0 Å². The van der Waals surface area contributed by atoms with Gasteiger partial charge in [0.15, 0.2) is 0 Å². The number of hydrogen-bond donors (Lipinski definition) is 2. The van der Waals surface area contributed by atoms with Crippen molar-refractivity contribution in [1.82, 2.24) is 10.2 Å². The zero-order valence-corrected chi connectivity index (χ0v) is 15.3. The molecular formula is C19H16ClFN4O2.